The van der Waals surface area contributed by atoms with Crippen LogP contribution in [-0.2, 0) is 14.8 Å². The van der Waals surface area contributed by atoms with Crippen molar-refractivity contribution in [1.82, 2.24) is 9.21 Å². The number of carbonyl (C=O) groups is 1. The molecule has 1 amide bonds. The Morgan fingerprint density at radius 2 is 2.04 bits per heavy atom. The highest BCUT2D eigenvalue weighted by molar-refractivity contribution is 7.89. The zero-order chi connectivity index (χ0) is 18.9. The molecule has 1 aliphatic rings. The van der Waals surface area contributed by atoms with Crippen LogP contribution in [0.3, 0.4) is 0 Å². The van der Waals surface area contributed by atoms with E-state index in [1.165, 1.54) is 7.05 Å². The van der Waals surface area contributed by atoms with Gasteiger partial charge in [0.15, 0.2) is 0 Å². The van der Waals surface area contributed by atoms with E-state index < -0.39 is 10.0 Å². The zero-order valence-corrected chi connectivity index (χ0v) is 16.9. The molecular weight excluding hydrogens is 368 g/mol. The van der Waals surface area contributed by atoms with Gasteiger partial charge in [-0.15, -0.1) is 0 Å². The van der Waals surface area contributed by atoms with Gasteiger partial charge in [-0.3, -0.25) is 4.79 Å². The number of aryl methyl sites for hydroxylation is 2. The van der Waals surface area contributed by atoms with Gasteiger partial charge in [0.25, 0.3) is 0 Å². The van der Waals surface area contributed by atoms with E-state index in [0.29, 0.717) is 6.54 Å². The van der Waals surface area contributed by atoms with Crippen molar-refractivity contribution >= 4 is 27.3 Å². The minimum atomic E-state index is -3.69. The van der Waals surface area contributed by atoms with E-state index in [-0.39, 0.29) is 23.4 Å². The van der Waals surface area contributed by atoms with E-state index in [9.17, 15) is 13.2 Å². The highest BCUT2D eigenvalue weighted by atomic mass is 32.2. The lowest BCUT2D eigenvalue weighted by molar-refractivity contribution is -0.132. The molecule has 2 aromatic rings. The first-order valence-corrected chi connectivity index (χ1v) is 11.0. The first-order valence-electron chi connectivity index (χ1n) is 8.66. The summed E-state index contributed by atoms with van der Waals surface area (Å²) < 4.78 is 26.8. The van der Waals surface area contributed by atoms with Crippen molar-refractivity contribution in [3.05, 3.63) is 51.7 Å². The fourth-order valence-corrected chi connectivity index (χ4v) is 5.21. The van der Waals surface area contributed by atoms with Crippen LogP contribution in [0.15, 0.2) is 39.9 Å². The molecule has 1 fully saturated rings. The number of hydrogen-bond donors (Lipinski definition) is 0. The summed E-state index contributed by atoms with van der Waals surface area (Å²) >= 11 is 1.61. The van der Waals surface area contributed by atoms with E-state index in [4.69, 9.17) is 0 Å². The molecule has 2 heterocycles. The van der Waals surface area contributed by atoms with Crippen LogP contribution in [-0.4, -0.2) is 43.7 Å². The molecule has 5 nitrogen and oxygen atoms in total. The third-order valence-electron chi connectivity index (χ3n) is 5.05. The number of amides is 1. The molecule has 0 bridgehead atoms. The molecule has 1 aromatic carbocycles. The average Bonchev–Trinajstić information content (AvgIpc) is 3.27. The summed E-state index contributed by atoms with van der Waals surface area (Å²) in [6.07, 6.45) is 1.87. The molecule has 1 saturated heterocycles. The maximum absolute atomic E-state index is 12.8. The Hall–Kier alpha value is -1.70. The first-order chi connectivity index (χ1) is 12.3. The molecule has 0 saturated carbocycles. The summed E-state index contributed by atoms with van der Waals surface area (Å²) in [5.41, 5.74) is 3.10. The van der Waals surface area contributed by atoms with E-state index >= 15 is 0 Å². The minimum absolute atomic E-state index is 0.0615. The number of likely N-dealkylation sites (tertiary alicyclic amines) is 1. The SMILES string of the molecule is Cc1ccc(S(=O)(=O)N(C)CC(=O)N2CCCC2c2ccsc2)cc1C. The highest BCUT2D eigenvalue weighted by Gasteiger charge is 2.32. The van der Waals surface area contributed by atoms with Gasteiger partial charge in [0.2, 0.25) is 15.9 Å². The van der Waals surface area contributed by atoms with Gasteiger partial charge in [-0.1, -0.05) is 6.07 Å². The minimum Gasteiger partial charge on any atom is -0.334 e. The number of hydrogen-bond acceptors (Lipinski definition) is 4. The Morgan fingerprint density at radius 3 is 2.69 bits per heavy atom. The molecule has 26 heavy (non-hydrogen) atoms. The van der Waals surface area contributed by atoms with Crippen LogP contribution in [0.2, 0.25) is 0 Å². The number of rotatable bonds is 5. The second-order valence-corrected chi connectivity index (χ2v) is 9.63. The van der Waals surface area contributed by atoms with Crippen molar-refractivity contribution in [3.8, 4) is 0 Å². The molecule has 3 rings (SSSR count). The maximum atomic E-state index is 12.8. The monoisotopic (exact) mass is 392 g/mol. The fraction of sp³-hybridized carbons (Fsp3) is 0.421. The lowest BCUT2D eigenvalue weighted by Gasteiger charge is -2.26. The van der Waals surface area contributed by atoms with Crippen molar-refractivity contribution in [2.45, 2.75) is 37.6 Å². The Bertz CT molecular complexity index is 892. The van der Waals surface area contributed by atoms with Crippen LogP contribution in [0, 0.1) is 13.8 Å². The van der Waals surface area contributed by atoms with Gasteiger partial charge < -0.3 is 4.90 Å². The van der Waals surface area contributed by atoms with Crippen molar-refractivity contribution in [2.75, 3.05) is 20.1 Å². The summed E-state index contributed by atoms with van der Waals surface area (Å²) in [7, 11) is -2.22. The zero-order valence-electron chi connectivity index (χ0n) is 15.3. The van der Waals surface area contributed by atoms with Crippen molar-refractivity contribution in [2.24, 2.45) is 0 Å². The van der Waals surface area contributed by atoms with Crippen molar-refractivity contribution in [3.63, 3.8) is 0 Å². The molecule has 1 atom stereocenters. The molecule has 0 radical (unpaired) electrons. The summed E-state index contributed by atoms with van der Waals surface area (Å²) in [6.45, 7) is 4.36. The Kier molecular flexibility index (Phi) is 5.50. The highest BCUT2D eigenvalue weighted by Crippen LogP contribution is 2.33. The van der Waals surface area contributed by atoms with Crippen LogP contribution in [0.4, 0.5) is 0 Å². The molecule has 1 unspecified atom stereocenters. The fourth-order valence-electron chi connectivity index (χ4n) is 3.30. The van der Waals surface area contributed by atoms with Crippen LogP contribution in [0.5, 0.6) is 0 Å². The molecule has 0 aliphatic carbocycles. The normalized spacial score (nSPS) is 17.8. The van der Waals surface area contributed by atoms with E-state index in [2.05, 4.69) is 5.38 Å². The van der Waals surface area contributed by atoms with E-state index in [1.54, 1.807) is 29.5 Å². The molecule has 140 valence electrons. The van der Waals surface area contributed by atoms with Gasteiger partial charge >= 0.3 is 0 Å². The third kappa shape index (κ3) is 3.70. The second kappa shape index (κ2) is 7.50. The Morgan fingerprint density at radius 1 is 1.27 bits per heavy atom. The van der Waals surface area contributed by atoms with E-state index in [1.807, 2.05) is 30.2 Å². The molecule has 7 heteroatoms. The van der Waals surface area contributed by atoms with Crippen LogP contribution in [0.1, 0.15) is 35.6 Å². The molecule has 0 N–H and O–H groups in total. The van der Waals surface area contributed by atoms with Gasteiger partial charge in [-0.05, 0) is 72.3 Å². The number of likely N-dealkylation sites (N-methyl/N-ethyl adjacent to an activating group) is 1. The molecule has 1 aliphatic heterocycles. The maximum Gasteiger partial charge on any atom is 0.243 e. The second-order valence-electron chi connectivity index (χ2n) is 6.81. The topological polar surface area (TPSA) is 57.7 Å². The first kappa shape index (κ1) is 19.1. The lowest BCUT2D eigenvalue weighted by atomic mass is 10.1. The smallest absolute Gasteiger partial charge is 0.243 e. The van der Waals surface area contributed by atoms with Crippen molar-refractivity contribution in [1.29, 1.82) is 0 Å². The molecule has 0 spiro atoms. The van der Waals surface area contributed by atoms with Gasteiger partial charge in [0.05, 0.1) is 17.5 Å². The largest absolute Gasteiger partial charge is 0.334 e. The summed E-state index contributed by atoms with van der Waals surface area (Å²) in [6, 6.07) is 7.16. The quantitative estimate of drug-likeness (QED) is 0.784. The van der Waals surface area contributed by atoms with Crippen molar-refractivity contribution < 1.29 is 13.2 Å². The standard InChI is InChI=1S/C19H24N2O3S2/c1-14-6-7-17(11-15(14)2)26(23,24)20(3)12-19(22)21-9-4-5-18(21)16-8-10-25-13-16/h6-8,10-11,13,18H,4-5,9,12H2,1-3H3. The number of thiophene rings is 1. The van der Waals surface area contributed by atoms with Crippen LogP contribution < -0.4 is 0 Å². The third-order valence-corrected chi connectivity index (χ3v) is 7.55. The summed E-state index contributed by atoms with van der Waals surface area (Å²) in [4.78, 5) is 14.8. The summed E-state index contributed by atoms with van der Waals surface area (Å²) in [5.74, 6) is -0.145. The Balaban J connectivity index is 1.75. The van der Waals surface area contributed by atoms with E-state index in [0.717, 1.165) is 33.8 Å². The van der Waals surface area contributed by atoms with Gasteiger partial charge in [0, 0.05) is 13.6 Å². The van der Waals surface area contributed by atoms with Crippen LogP contribution >= 0.6 is 11.3 Å². The lowest BCUT2D eigenvalue weighted by Crippen LogP contribution is -2.40. The predicted molar refractivity (Wildman–Crippen MR) is 104 cm³/mol. The van der Waals surface area contributed by atoms with Gasteiger partial charge in [-0.2, -0.15) is 15.6 Å². The average molecular weight is 393 g/mol. The number of sulfonamides is 1. The molecular formula is C19H24N2O3S2. The molecule has 1 aromatic heterocycles. The predicted octanol–water partition coefficient (Wildman–Crippen LogP) is 3.35. The van der Waals surface area contributed by atoms with Gasteiger partial charge in [-0.25, -0.2) is 8.42 Å². The summed E-state index contributed by atoms with van der Waals surface area (Å²) in [5, 5.41) is 4.07. The number of benzene rings is 1. The van der Waals surface area contributed by atoms with Gasteiger partial charge in [0.1, 0.15) is 0 Å². The Labute approximate surface area is 159 Å². The number of nitrogens with zero attached hydrogens (tertiary/aromatic N) is 2. The van der Waals surface area contributed by atoms with Crippen LogP contribution in [0.25, 0.3) is 0 Å². The number of carbonyl (C=O) groups excluding carboxylic acids is 1.